The van der Waals surface area contributed by atoms with Crippen LogP contribution in [0.2, 0.25) is 0 Å². The van der Waals surface area contributed by atoms with Gasteiger partial charge in [0.15, 0.2) is 0 Å². The highest BCUT2D eigenvalue weighted by atomic mass is 32.2. The molecule has 0 aliphatic carbocycles. The molecule has 0 fully saturated rings. The van der Waals surface area contributed by atoms with Crippen LogP contribution in [0.15, 0.2) is 45.9 Å². The average Bonchev–Trinajstić information content (AvgIpc) is 2.79. The van der Waals surface area contributed by atoms with Crippen LogP contribution in [-0.4, -0.2) is 8.42 Å². The van der Waals surface area contributed by atoms with Crippen LogP contribution in [0.25, 0.3) is 0 Å². The van der Waals surface area contributed by atoms with E-state index >= 15 is 0 Å². The number of hydrogen-bond acceptors (Lipinski definition) is 4. The van der Waals surface area contributed by atoms with E-state index in [0.29, 0.717) is 12.3 Å². The molecule has 18 heavy (non-hydrogen) atoms. The maximum absolute atomic E-state index is 13.6. The molecule has 1 heterocycles. The smallest absolute Gasteiger partial charge is 0.238 e. The summed E-state index contributed by atoms with van der Waals surface area (Å²) < 4.78 is 40.7. The van der Waals surface area contributed by atoms with E-state index < -0.39 is 15.8 Å². The summed E-state index contributed by atoms with van der Waals surface area (Å²) >= 11 is 0. The molecule has 0 radical (unpaired) electrons. The summed E-state index contributed by atoms with van der Waals surface area (Å²) in [7, 11) is -3.89. The number of nitrogens with two attached hydrogens (primary N) is 1. The van der Waals surface area contributed by atoms with Crippen molar-refractivity contribution >= 4 is 15.7 Å². The Labute approximate surface area is 103 Å². The third-order valence-corrected chi connectivity index (χ3v) is 3.21. The molecule has 0 saturated heterocycles. The fraction of sp³-hybridized carbons (Fsp3) is 0.0909. The van der Waals surface area contributed by atoms with Crippen molar-refractivity contribution in [3.05, 3.63) is 48.2 Å². The molecule has 0 spiro atoms. The van der Waals surface area contributed by atoms with Crippen molar-refractivity contribution in [3.8, 4) is 0 Å². The lowest BCUT2D eigenvalue weighted by atomic mass is 10.3. The lowest BCUT2D eigenvalue weighted by Crippen LogP contribution is -2.12. The quantitative estimate of drug-likeness (QED) is 0.885. The molecule has 2 rings (SSSR count). The minimum absolute atomic E-state index is 0.179. The van der Waals surface area contributed by atoms with Crippen LogP contribution < -0.4 is 10.5 Å². The maximum Gasteiger partial charge on any atom is 0.238 e. The molecule has 0 unspecified atom stereocenters. The van der Waals surface area contributed by atoms with Crippen LogP contribution in [0.3, 0.4) is 0 Å². The Morgan fingerprint density at radius 3 is 2.67 bits per heavy atom. The van der Waals surface area contributed by atoms with Crippen LogP contribution in [0, 0.1) is 5.82 Å². The minimum atomic E-state index is -3.89. The Balaban J connectivity index is 2.15. The lowest BCUT2D eigenvalue weighted by Gasteiger charge is -2.07. The fourth-order valence-corrected chi connectivity index (χ4v) is 1.94. The molecule has 0 aliphatic rings. The van der Waals surface area contributed by atoms with Gasteiger partial charge in [-0.1, -0.05) is 0 Å². The Morgan fingerprint density at radius 2 is 2.11 bits per heavy atom. The van der Waals surface area contributed by atoms with E-state index in [9.17, 15) is 12.8 Å². The van der Waals surface area contributed by atoms with E-state index in [2.05, 4.69) is 5.32 Å². The first kappa shape index (κ1) is 12.6. The highest BCUT2D eigenvalue weighted by molar-refractivity contribution is 7.89. The van der Waals surface area contributed by atoms with E-state index in [1.165, 1.54) is 18.4 Å². The Bertz CT molecular complexity index is 638. The number of rotatable bonds is 4. The molecule has 3 N–H and O–H groups in total. The van der Waals surface area contributed by atoms with Gasteiger partial charge in [0.05, 0.1) is 23.4 Å². The number of primary sulfonamides is 1. The van der Waals surface area contributed by atoms with E-state index in [1.807, 2.05) is 0 Å². The molecule has 1 aromatic carbocycles. The second-order valence-corrected chi connectivity index (χ2v) is 5.18. The standard InChI is InChI=1S/C11H11FN2O3S/c12-10-6-9(18(13,15)16)3-4-11(10)14-7-8-2-1-5-17-8/h1-6,14H,7H2,(H2,13,15,16). The normalized spacial score (nSPS) is 11.4. The average molecular weight is 270 g/mol. The molecule has 0 atom stereocenters. The number of furan rings is 1. The molecule has 0 amide bonds. The highest BCUT2D eigenvalue weighted by Gasteiger charge is 2.11. The van der Waals surface area contributed by atoms with Crippen LogP contribution in [0.4, 0.5) is 10.1 Å². The topological polar surface area (TPSA) is 85.3 Å². The van der Waals surface area contributed by atoms with Crippen molar-refractivity contribution in [2.75, 3.05) is 5.32 Å². The van der Waals surface area contributed by atoms with Crippen LogP contribution in [0.5, 0.6) is 0 Å². The first-order valence-corrected chi connectivity index (χ1v) is 6.60. The molecule has 5 nitrogen and oxygen atoms in total. The fourth-order valence-electron chi connectivity index (χ4n) is 1.41. The minimum Gasteiger partial charge on any atom is -0.467 e. The Kier molecular flexibility index (Phi) is 3.35. The van der Waals surface area contributed by atoms with Gasteiger partial charge in [-0.05, 0) is 30.3 Å². The van der Waals surface area contributed by atoms with Gasteiger partial charge in [0.1, 0.15) is 11.6 Å². The van der Waals surface area contributed by atoms with Gasteiger partial charge >= 0.3 is 0 Å². The Hall–Kier alpha value is -1.86. The molecule has 0 saturated carbocycles. The SMILES string of the molecule is NS(=O)(=O)c1ccc(NCc2ccco2)c(F)c1. The maximum atomic E-state index is 13.6. The zero-order chi connectivity index (χ0) is 13.2. The summed E-state index contributed by atoms with van der Waals surface area (Å²) in [4.78, 5) is -0.261. The van der Waals surface area contributed by atoms with E-state index in [1.54, 1.807) is 12.1 Å². The van der Waals surface area contributed by atoms with E-state index in [4.69, 9.17) is 9.56 Å². The summed E-state index contributed by atoms with van der Waals surface area (Å²) in [5.74, 6) is -0.0435. The number of halogens is 1. The zero-order valence-electron chi connectivity index (χ0n) is 9.26. The van der Waals surface area contributed by atoms with Gasteiger partial charge in [0.2, 0.25) is 10.0 Å². The summed E-state index contributed by atoms with van der Waals surface area (Å²) in [6.45, 7) is 0.304. The van der Waals surface area contributed by atoms with E-state index in [-0.39, 0.29) is 10.6 Å². The number of nitrogens with one attached hydrogen (secondary N) is 1. The van der Waals surface area contributed by atoms with Crippen LogP contribution in [0.1, 0.15) is 5.76 Å². The van der Waals surface area contributed by atoms with Gasteiger partial charge in [-0.3, -0.25) is 0 Å². The van der Waals surface area contributed by atoms with Gasteiger partial charge in [-0.25, -0.2) is 17.9 Å². The number of benzene rings is 1. The lowest BCUT2D eigenvalue weighted by molar-refractivity contribution is 0.517. The van der Waals surface area contributed by atoms with Gasteiger partial charge in [0.25, 0.3) is 0 Å². The third kappa shape index (κ3) is 2.88. The van der Waals surface area contributed by atoms with Gasteiger partial charge < -0.3 is 9.73 Å². The molecule has 1 aromatic heterocycles. The zero-order valence-corrected chi connectivity index (χ0v) is 10.1. The molecular formula is C11H11FN2O3S. The summed E-state index contributed by atoms with van der Waals surface area (Å²) in [6, 6.07) is 6.89. The van der Waals surface area contributed by atoms with Crippen molar-refractivity contribution in [3.63, 3.8) is 0 Å². The third-order valence-electron chi connectivity index (χ3n) is 2.30. The van der Waals surface area contributed by atoms with Crippen molar-refractivity contribution in [1.82, 2.24) is 0 Å². The van der Waals surface area contributed by atoms with Gasteiger partial charge in [-0.15, -0.1) is 0 Å². The predicted octanol–water partition coefficient (Wildman–Crippen LogP) is 1.68. The molecule has 0 bridgehead atoms. The molecule has 96 valence electrons. The predicted molar refractivity (Wildman–Crippen MR) is 63.8 cm³/mol. The largest absolute Gasteiger partial charge is 0.467 e. The summed E-state index contributed by atoms with van der Waals surface area (Å²) in [5, 5.41) is 7.69. The number of anilines is 1. The second-order valence-electron chi connectivity index (χ2n) is 3.62. The first-order valence-electron chi connectivity index (χ1n) is 5.05. The van der Waals surface area contributed by atoms with Crippen molar-refractivity contribution in [2.24, 2.45) is 5.14 Å². The van der Waals surface area contributed by atoms with Crippen LogP contribution >= 0.6 is 0 Å². The van der Waals surface area contributed by atoms with Crippen LogP contribution in [-0.2, 0) is 16.6 Å². The van der Waals surface area contributed by atoms with E-state index in [0.717, 1.165) is 6.07 Å². The highest BCUT2D eigenvalue weighted by Crippen LogP contribution is 2.18. The second kappa shape index (κ2) is 4.79. The molecule has 7 heteroatoms. The molecular weight excluding hydrogens is 259 g/mol. The Morgan fingerprint density at radius 1 is 1.33 bits per heavy atom. The summed E-state index contributed by atoms with van der Waals surface area (Å²) in [6.07, 6.45) is 1.51. The van der Waals surface area contributed by atoms with Crippen molar-refractivity contribution < 1.29 is 17.2 Å². The van der Waals surface area contributed by atoms with Crippen molar-refractivity contribution in [2.45, 2.75) is 11.4 Å². The molecule has 0 aliphatic heterocycles. The number of sulfonamides is 1. The van der Waals surface area contributed by atoms with Gasteiger partial charge in [-0.2, -0.15) is 0 Å². The summed E-state index contributed by atoms with van der Waals surface area (Å²) in [5.41, 5.74) is 0.179. The number of hydrogen-bond donors (Lipinski definition) is 2. The van der Waals surface area contributed by atoms with Gasteiger partial charge in [0, 0.05) is 0 Å². The monoisotopic (exact) mass is 270 g/mol. The van der Waals surface area contributed by atoms with Crippen molar-refractivity contribution in [1.29, 1.82) is 0 Å². The molecule has 2 aromatic rings. The first-order chi connectivity index (χ1) is 8.47.